The first-order valence-corrected chi connectivity index (χ1v) is 12.1. The number of methoxy groups -OCH3 is 2. The molecule has 0 bridgehead atoms. The summed E-state index contributed by atoms with van der Waals surface area (Å²) in [5.41, 5.74) is 0.820. The van der Waals surface area contributed by atoms with E-state index < -0.39 is 16.6 Å². The zero-order chi connectivity index (χ0) is 24.7. The third-order valence-electron chi connectivity index (χ3n) is 6.13. The van der Waals surface area contributed by atoms with Crippen LogP contribution in [-0.4, -0.2) is 48.4 Å². The van der Waals surface area contributed by atoms with E-state index in [1.165, 1.54) is 11.8 Å². The number of ether oxygens (including phenoxy) is 3. The lowest BCUT2D eigenvalue weighted by molar-refractivity contribution is -0.158. The molecular formula is C26H30N2O5S. The van der Waals surface area contributed by atoms with Crippen molar-refractivity contribution in [2.24, 2.45) is 5.92 Å². The number of carbonyl (C=O) groups excluding carboxylic acids is 2. The highest BCUT2D eigenvalue weighted by atomic mass is 32.2. The highest BCUT2D eigenvalue weighted by molar-refractivity contribution is 8.01. The van der Waals surface area contributed by atoms with Crippen molar-refractivity contribution in [1.29, 1.82) is 5.26 Å². The Labute approximate surface area is 205 Å². The molecule has 34 heavy (non-hydrogen) atoms. The van der Waals surface area contributed by atoms with Crippen LogP contribution in [0.5, 0.6) is 11.5 Å². The van der Waals surface area contributed by atoms with E-state index in [1.54, 1.807) is 32.1 Å². The van der Waals surface area contributed by atoms with Crippen LogP contribution < -0.4 is 9.47 Å². The molecular weight excluding hydrogens is 452 g/mol. The number of esters is 1. The van der Waals surface area contributed by atoms with Crippen LogP contribution in [0.3, 0.4) is 0 Å². The van der Waals surface area contributed by atoms with Gasteiger partial charge in [-0.1, -0.05) is 25.1 Å². The van der Waals surface area contributed by atoms with Gasteiger partial charge in [0.2, 0.25) is 5.91 Å². The van der Waals surface area contributed by atoms with Gasteiger partial charge in [0.1, 0.15) is 22.2 Å². The Balaban J connectivity index is 1.95. The minimum absolute atomic E-state index is 0.0210. The van der Waals surface area contributed by atoms with Crippen molar-refractivity contribution in [3.8, 4) is 17.6 Å². The maximum absolute atomic E-state index is 13.7. The first kappa shape index (κ1) is 25.4. The number of β-lactam (4-membered cyclic amide) rings is 1. The van der Waals surface area contributed by atoms with Crippen LogP contribution in [0.4, 0.5) is 0 Å². The second kappa shape index (κ2) is 11.3. The molecule has 0 aliphatic carbocycles. The predicted octanol–water partition coefficient (Wildman–Crippen LogP) is 4.45. The number of thioether (sulfide) groups is 1. The number of rotatable bonds is 11. The number of nitrogens with zero attached hydrogens (tertiary/aromatic N) is 2. The SMILES string of the molecule is CCOC(=O)C(C#N)CC1N(Cc2ccc(OC)cc2OC)C(=O)C1(CC)Sc1ccccc1. The molecule has 0 aromatic heterocycles. The number of carbonyl (C=O) groups is 2. The van der Waals surface area contributed by atoms with Crippen LogP contribution in [-0.2, 0) is 20.9 Å². The average molecular weight is 483 g/mol. The van der Waals surface area contributed by atoms with Crippen molar-refractivity contribution in [1.82, 2.24) is 4.90 Å². The fraction of sp³-hybridized carbons (Fsp3) is 0.423. The van der Waals surface area contributed by atoms with Crippen LogP contribution in [0.25, 0.3) is 0 Å². The number of nitriles is 1. The molecule has 1 fully saturated rings. The molecule has 0 N–H and O–H groups in total. The summed E-state index contributed by atoms with van der Waals surface area (Å²) in [6.07, 6.45) is 0.764. The van der Waals surface area contributed by atoms with Gasteiger partial charge in [-0.15, -0.1) is 11.8 Å². The van der Waals surface area contributed by atoms with Crippen molar-refractivity contribution < 1.29 is 23.8 Å². The summed E-state index contributed by atoms with van der Waals surface area (Å²) in [6, 6.07) is 16.9. The van der Waals surface area contributed by atoms with Crippen LogP contribution in [0, 0.1) is 17.2 Å². The molecule has 0 radical (unpaired) electrons. The molecule has 1 saturated heterocycles. The number of likely N-dealkylation sites (tertiary alicyclic amines) is 1. The predicted molar refractivity (Wildman–Crippen MR) is 130 cm³/mol. The Bertz CT molecular complexity index is 1050. The first-order chi connectivity index (χ1) is 16.4. The number of hydrogen-bond donors (Lipinski definition) is 0. The number of hydrogen-bond acceptors (Lipinski definition) is 7. The summed E-state index contributed by atoms with van der Waals surface area (Å²) >= 11 is 1.50. The number of benzene rings is 2. The maximum Gasteiger partial charge on any atom is 0.323 e. The smallest absolute Gasteiger partial charge is 0.323 e. The summed E-state index contributed by atoms with van der Waals surface area (Å²) in [4.78, 5) is 28.8. The monoisotopic (exact) mass is 482 g/mol. The lowest BCUT2D eigenvalue weighted by atomic mass is 9.78. The van der Waals surface area contributed by atoms with E-state index in [1.807, 2.05) is 49.4 Å². The Hall–Kier alpha value is -3.18. The molecule has 0 spiro atoms. The van der Waals surface area contributed by atoms with Crippen molar-refractivity contribution in [2.45, 2.75) is 48.9 Å². The van der Waals surface area contributed by atoms with Crippen LogP contribution in [0.2, 0.25) is 0 Å². The minimum Gasteiger partial charge on any atom is -0.497 e. The molecule has 7 nitrogen and oxygen atoms in total. The molecule has 1 heterocycles. The quantitative estimate of drug-likeness (QED) is 0.345. The van der Waals surface area contributed by atoms with Crippen molar-refractivity contribution in [3.05, 3.63) is 54.1 Å². The molecule has 3 unspecified atom stereocenters. The summed E-state index contributed by atoms with van der Waals surface area (Å²) in [7, 11) is 3.15. The molecule has 1 aliphatic heterocycles. The lowest BCUT2D eigenvalue weighted by Crippen LogP contribution is -2.71. The topological polar surface area (TPSA) is 88.9 Å². The second-order valence-corrected chi connectivity index (χ2v) is 9.36. The maximum atomic E-state index is 13.7. The van der Waals surface area contributed by atoms with E-state index in [0.29, 0.717) is 24.5 Å². The Morgan fingerprint density at radius 2 is 1.91 bits per heavy atom. The third kappa shape index (κ3) is 5.00. The molecule has 180 valence electrons. The molecule has 2 aromatic rings. The molecule has 3 atom stereocenters. The van der Waals surface area contributed by atoms with Crippen LogP contribution >= 0.6 is 11.8 Å². The van der Waals surface area contributed by atoms with Crippen LogP contribution in [0.1, 0.15) is 32.3 Å². The van der Waals surface area contributed by atoms with Gasteiger partial charge in [-0.2, -0.15) is 5.26 Å². The zero-order valence-corrected chi connectivity index (χ0v) is 20.8. The standard InChI is InChI=1S/C26H30N2O5S/c1-5-26(34-21-10-8-7-9-11-21)23(14-19(16-27)24(29)33-6-2)28(25(26)30)17-18-12-13-20(31-3)15-22(18)32-4/h7-13,15,19,23H,5-6,14,17H2,1-4H3. The van der Waals surface area contributed by atoms with Crippen molar-refractivity contribution in [3.63, 3.8) is 0 Å². The first-order valence-electron chi connectivity index (χ1n) is 11.3. The average Bonchev–Trinajstić information content (AvgIpc) is 2.87. The van der Waals surface area contributed by atoms with Crippen molar-refractivity contribution >= 4 is 23.6 Å². The van der Waals surface area contributed by atoms with Gasteiger partial charge in [-0.05, 0) is 44.0 Å². The van der Waals surface area contributed by atoms with Gasteiger partial charge in [0.15, 0.2) is 0 Å². The number of amides is 1. The van der Waals surface area contributed by atoms with Gasteiger partial charge in [0.25, 0.3) is 0 Å². The van der Waals surface area contributed by atoms with E-state index in [0.717, 1.165) is 10.5 Å². The van der Waals surface area contributed by atoms with Gasteiger partial charge >= 0.3 is 5.97 Å². The van der Waals surface area contributed by atoms with Gasteiger partial charge in [-0.3, -0.25) is 9.59 Å². The second-order valence-electron chi connectivity index (χ2n) is 7.95. The third-order valence-corrected chi connectivity index (χ3v) is 7.73. The molecule has 3 rings (SSSR count). The van der Waals surface area contributed by atoms with Crippen LogP contribution in [0.15, 0.2) is 53.4 Å². The summed E-state index contributed by atoms with van der Waals surface area (Å²) in [6.45, 7) is 4.18. The Kier molecular flexibility index (Phi) is 8.46. The summed E-state index contributed by atoms with van der Waals surface area (Å²) in [5.74, 6) is -0.270. The zero-order valence-electron chi connectivity index (χ0n) is 19.9. The van der Waals surface area contributed by atoms with E-state index in [-0.39, 0.29) is 25.0 Å². The fourth-order valence-corrected chi connectivity index (χ4v) is 5.74. The molecule has 2 aromatic carbocycles. The van der Waals surface area contributed by atoms with E-state index in [4.69, 9.17) is 14.2 Å². The van der Waals surface area contributed by atoms with Gasteiger partial charge < -0.3 is 19.1 Å². The molecule has 1 amide bonds. The van der Waals surface area contributed by atoms with E-state index in [9.17, 15) is 14.9 Å². The molecule has 8 heteroatoms. The normalized spacial score (nSPS) is 20.1. The minimum atomic E-state index is -0.958. The van der Waals surface area contributed by atoms with E-state index >= 15 is 0 Å². The summed E-state index contributed by atoms with van der Waals surface area (Å²) in [5, 5.41) is 9.71. The Morgan fingerprint density at radius 1 is 1.18 bits per heavy atom. The van der Waals surface area contributed by atoms with Gasteiger partial charge in [0, 0.05) is 23.1 Å². The fourth-order valence-electron chi connectivity index (χ4n) is 4.32. The molecule has 0 saturated carbocycles. The highest BCUT2D eigenvalue weighted by Crippen LogP contribution is 2.51. The van der Waals surface area contributed by atoms with Crippen molar-refractivity contribution in [2.75, 3.05) is 20.8 Å². The lowest BCUT2D eigenvalue weighted by Gasteiger charge is -2.56. The largest absolute Gasteiger partial charge is 0.497 e. The highest BCUT2D eigenvalue weighted by Gasteiger charge is 2.60. The van der Waals surface area contributed by atoms with E-state index in [2.05, 4.69) is 6.07 Å². The Morgan fingerprint density at radius 3 is 2.50 bits per heavy atom. The molecule has 1 aliphatic rings. The van der Waals surface area contributed by atoms with Gasteiger partial charge in [0.05, 0.1) is 32.9 Å². The summed E-state index contributed by atoms with van der Waals surface area (Å²) < 4.78 is 15.2. The van der Waals surface area contributed by atoms with Gasteiger partial charge in [-0.25, -0.2) is 0 Å².